The lowest BCUT2D eigenvalue weighted by Crippen LogP contribution is -2.17. The van der Waals surface area contributed by atoms with Crippen molar-refractivity contribution in [3.05, 3.63) is 0 Å². The van der Waals surface area contributed by atoms with E-state index in [9.17, 15) is 0 Å². The van der Waals surface area contributed by atoms with E-state index in [2.05, 4.69) is 6.92 Å². The Morgan fingerprint density at radius 3 is 2.27 bits per heavy atom. The van der Waals surface area contributed by atoms with Gasteiger partial charge in [-0.05, 0) is 18.3 Å². The van der Waals surface area contributed by atoms with Crippen LogP contribution in [0.1, 0.15) is 20.3 Å². The van der Waals surface area contributed by atoms with Gasteiger partial charge in [-0.3, -0.25) is 0 Å². The zero-order chi connectivity index (χ0) is 8.85. The molecule has 0 bridgehead atoms. The van der Waals surface area contributed by atoms with Crippen LogP contribution >= 0.6 is 23.2 Å². The SMILES string of the molecule is C[C@H](CO)C[C@H](C)[C@@H](Cl)CCl. The highest BCUT2D eigenvalue weighted by Crippen LogP contribution is 2.19. The molecule has 0 aliphatic rings. The molecule has 0 saturated carbocycles. The van der Waals surface area contributed by atoms with Gasteiger partial charge in [0.05, 0.1) is 0 Å². The molecule has 0 aromatic rings. The normalized spacial score (nSPS) is 19.4. The molecule has 0 unspecified atom stereocenters. The third-order valence-corrected chi connectivity index (χ3v) is 2.93. The third kappa shape index (κ3) is 4.89. The molecule has 1 N–H and O–H groups in total. The van der Waals surface area contributed by atoms with E-state index in [0.29, 0.717) is 17.7 Å². The Balaban J connectivity index is 3.58. The second kappa shape index (κ2) is 6.10. The minimum Gasteiger partial charge on any atom is -0.396 e. The fourth-order valence-corrected chi connectivity index (χ4v) is 1.42. The van der Waals surface area contributed by atoms with Crippen molar-refractivity contribution < 1.29 is 5.11 Å². The van der Waals surface area contributed by atoms with E-state index in [4.69, 9.17) is 28.3 Å². The summed E-state index contributed by atoms with van der Waals surface area (Å²) in [6, 6.07) is 0. The molecule has 68 valence electrons. The van der Waals surface area contributed by atoms with Crippen LogP contribution in [-0.4, -0.2) is 23.0 Å². The van der Waals surface area contributed by atoms with Crippen molar-refractivity contribution in [2.45, 2.75) is 25.6 Å². The maximum atomic E-state index is 8.76. The first kappa shape index (κ1) is 11.5. The molecule has 3 heteroatoms. The Morgan fingerprint density at radius 1 is 1.36 bits per heavy atom. The largest absolute Gasteiger partial charge is 0.396 e. The first-order valence-electron chi connectivity index (χ1n) is 3.92. The molecule has 0 aliphatic heterocycles. The standard InChI is InChI=1S/C8H16Cl2O/c1-6(5-11)3-7(2)8(10)4-9/h6-8,11H,3-5H2,1-2H3/t6-,7-,8-/m0/s1. The van der Waals surface area contributed by atoms with E-state index < -0.39 is 0 Å². The second-order valence-corrected chi connectivity index (χ2v) is 4.04. The minimum atomic E-state index is 0.0330. The Bertz CT molecular complexity index is 98.1. The Kier molecular flexibility index (Phi) is 6.40. The first-order valence-corrected chi connectivity index (χ1v) is 4.89. The highest BCUT2D eigenvalue weighted by atomic mass is 35.5. The van der Waals surface area contributed by atoms with Crippen molar-refractivity contribution >= 4 is 23.2 Å². The summed E-state index contributed by atoms with van der Waals surface area (Å²) in [5, 5.41) is 8.80. The van der Waals surface area contributed by atoms with Crippen LogP contribution in [0.4, 0.5) is 0 Å². The molecule has 0 radical (unpaired) electrons. The Labute approximate surface area is 78.7 Å². The van der Waals surface area contributed by atoms with Crippen LogP contribution in [0.15, 0.2) is 0 Å². The lowest BCUT2D eigenvalue weighted by atomic mass is 9.96. The maximum Gasteiger partial charge on any atom is 0.0497 e. The van der Waals surface area contributed by atoms with Gasteiger partial charge in [0, 0.05) is 17.9 Å². The molecule has 0 amide bonds. The predicted molar refractivity (Wildman–Crippen MR) is 50.4 cm³/mol. The summed E-state index contributed by atoms with van der Waals surface area (Å²) in [7, 11) is 0. The number of aliphatic hydroxyl groups excluding tert-OH is 1. The van der Waals surface area contributed by atoms with Crippen LogP contribution in [-0.2, 0) is 0 Å². The minimum absolute atomic E-state index is 0.0330. The molecule has 0 spiro atoms. The van der Waals surface area contributed by atoms with Crippen LogP contribution in [0.5, 0.6) is 0 Å². The molecule has 11 heavy (non-hydrogen) atoms. The molecule has 1 nitrogen and oxygen atoms in total. The predicted octanol–water partition coefficient (Wildman–Crippen LogP) is 2.49. The molecule has 0 aromatic heterocycles. The van der Waals surface area contributed by atoms with Gasteiger partial charge in [-0.1, -0.05) is 13.8 Å². The van der Waals surface area contributed by atoms with Gasteiger partial charge in [-0.15, -0.1) is 23.2 Å². The lowest BCUT2D eigenvalue weighted by Gasteiger charge is -2.18. The number of halogens is 2. The Hall–Kier alpha value is 0.540. The number of rotatable bonds is 5. The molecule has 0 heterocycles. The molecular formula is C8H16Cl2O. The number of alkyl halides is 2. The van der Waals surface area contributed by atoms with Gasteiger partial charge in [0.15, 0.2) is 0 Å². The fourth-order valence-electron chi connectivity index (χ4n) is 1.01. The summed E-state index contributed by atoms with van der Waals surface area (Å²) < 4.78 is 0. The first-order chi connectivity index (χ1) is 5.11. The zero-order valence-electron chi connectivity index (χ0n) is 7.06. The average Bonchev–Trinajstić information content (AvgIpc) is 2.02. The van der Waals surface area contributed by atoms with Gasteiger partial charge >= 0.3 is 0 Å². The summed E-state index contributed by atoms with van der Waals surface area (Å²) in [6.07, 6.45) is 0.942. The van der Waals surface area contributed by atoms with Crippen molar-refractivity contribution in [2.75, 3.05) is 12.5 Å². The number of hydrogen-bond acceptors (Lipinski definition) is 1. The van der Waals surface area contributed by atoms with E-state index in [0.717, 1.165) is 6.42 Å². The lowest BCUT2D eigenvalue weighted by molar-refractivity contribution is 0.215. The fraction of sp³-hybridized carbons (Fsp3) is 1.00. The van der Waals surface area contributed by atoms with Gasteiger partial charge < -0.3 is 5.11 Å². The van der Waals surface area contributed by atoms with Crippen LogP contribution < -0.4 is 0 Å². The highest BCUT2D eigenvalue weighted by molar-refractivity contribution is 6.28. The van der Waals surface area contributed by atoms with E-state index in [1.54, 1.807) is 0 Å². The summed E-state index contributed by atoms with van der Waals surface area (Å²) in [5.74, 6) is 1.20. The quantitative estimate of drug-likeness (QED) is 0.674. The molecule has 0 fully saturated rings. The van der Waals surface area contributed by atoms with Crippen LogP contribution in [0.25, 0.3) is 0 Å². The van der Waals surface area contributed by atoms with Gasteiger partial charge in [0.25, 0.3) is 0 Å². The van der Waals surface area contributed by atoms with Crippen LogP contribution in [0.3, 0.4) is 0 Å². The summed E-state index contributed by atoms with van der Waals surface area (Å²) >= 11 is 11.5. The third-order valence-electron chi connectivity index (χ3n) is 1.85. The molecule has 3 atom stereocenters. The van der Waals surface area contributed by atoms with Gasteiger partial charge in [-0.2, -0.15) is 0 Å². The zero-order valence-corrected chi connectivity index (χ0v) is 8.57. The highest BCUT2D eigenvalue weighted by Gasteiger charge is 2.15. The molecule has 0 aromatic carbocycles. The van der Waals surface area contributed by atoms with E-state index in [1.807, 2.05) is 6.92 Å². The van der Waals surface area contributed by atoms with Crippen molar-refractivity contribution in [3.8, 4) is 0 Å². The van der Waals surface area contributed by atoms with Crippen molar-refractivity contribution in [3.63, 3.8) is 0 Å². The molecule has 0 aliphatic carbocycles. The topological polar surface area (TPSA) is 20.2 Å². The van der Waals surface area contributed by atoms with Crippen molar-refractivity contribution in [2.24, 2.45) is 11.8 Å². The average molecular weight is 199 g/mol. The van der Waals surface area contributed by atoms with Gasteiger partial charge in [-0.25, -0.2) is 0 Å². The van der Waals surface area contributed by atoms with Gasteiger partial charge in [0.1, 0.15) is 0 Å². The Morgan fingerprint density at radius 2 is 1.91 bits per heavy atom. The summed E-state index contributed by atoms with van der Waals surface area (Å²) in [5.41, 5.74) is 0. The molecule has 0 saturated heterocycles. The number of hydrogen-bond donors (Lipinski definition) is 1. The van der Waals surface area contributed by atoms with E-state index >= 15 is 0 Å². The van der Waals surface area contributed by atoms with E-state index in [-0.39, 0.29) is 12.0 Å². The number of aliphatic hydroxyl groups is 1. The van der Waals surface area contributed by atoms with E-state index in [1.165, 1.54) is 0 Å². The molecule has 0 rings (SSSR count). The van der Waals surface area contributed by atoms with Crippen molar-refractivity contribution in [1.82, 2.24) is 0 Å². The molecular weight excluding hydrogens is 183 g/mol. The van der Waals surface area contributed by atoms with Crippen LogP contribution in [0, 0.1) is 11.8 Å². The second-order valence-electron chi connectivity index (χ2n) is 3.17. The van der Waals surface area contributed by atoms with Crippen LogP contribution in [0.2, 0.25) is 0 Å². The van der Waals surface area contributed by atoms with Crippen molar-refractivity contribution in [1.29, 1.82) is 0 Å². The summed E-state index contributed by atoms with van der Waals surface area (Å²) in [4.78, 5) is 0. The van der Waals surface area contributed by atoms with Gasteiger partial charge in [0.2, 0.25) is 0 Å². The monoisotopic (exact) mass is 198 g/mol. The summed E-state index contributed by atoms with van der Waals surface area (Å²) in [6.45, 7) is 4.30. The maximum absolute atomic E-state index is 8.76. The smallest absolute Gasteiger partial charge is 0.0497 e.